The molecule has 0 aromatic heterocycles. The van der Waals surface area contributed by atoms with Gasteiger partial charge in [-0.15, -0.1) is 0 Å². The first-order valence-electron chi connectivity index (χ1n) is 9.19. The van der Waals surface area contributed by atoms with Crippen LogP contribution < -0.4 is 10.6 Å². The SMILES string of the molecule is CCCNC(=S)NC(CCC)C12CC3CC(CC(C3)C1)C2. The van der Waals surface area contributed by atoms with E-state index in [4.69, 9.17) is 12.2 Å². The van der Waals surface area contributed by atoms with Crippen LogP contribution >= 0.6 is 12.2 Å². The molecular formula is C18H32N2S. The van der Waals surface area contributed by atoms with Crippen LogP contribution in [0.15, 0.2) is 0 Å². The highest BCUT2D eigenvalue weighted by Gasteiger charge is 2.53. The van der Waals surface area contributed by atoms with Crippen molar-refractivity contribution in [3.63, 3.8) is 0 Å². The van der Waals surface area contributed by atoms with Gasteiger partial charge in [0.2, 0.25) is 0 Å². The fourth-order valence-corrected chi connectivity index (χ4v) is 6.12. The molecule has 0 amide bonds. The zero-order valence-electron chi connectivity index (χ0n) is 13.8. The molecule has 4 bridgehead atoms. The Morgan fingerprint density at radius 1 is 1.05 bits per heavy atom. The molecule has 2 N–H and O–H groups in total. The molecule has 4 saturated carbocycles. The fourth-order valence-electron chi connectivity index (χ4n) is 5.87. The summed E-state index contributed by atoms with van der Waals surface area (Å²) < 4.78 is 0. The predicted molar refractivity (Wildman–Crippen MR) is 93.3 cm³/mol. The minimum absolute atomic E-state index is 0.558. The van der Waals surface area contributed by atoms with Crippen LogP contribution in [0.25, 0.3) is 0 Å². The van der Waals surface area contributed by atoms with Crippen LogP contribution in [0.3, 0.4) is 0 Å². The van der Waals surface area contributed by atoms with E-state index in [0.717, 1.165) is 35.8 Å². The van der Waals surface area contributed by atoms with Crippen molar-refractivity contribution in [3.05, 3.63) is 0 Å². The zero-order valence-corrected chi connectivity index (χ0v) is 14.6. The van der Waals surface area contributed by atoms with Crippen LogP contribution in [0.5, 0.6) is 0 Å². The van der Waals surface area contributed by atoms with Gasteiger partial charge in [0.1, 0.15) is 0 Å². The zero-order chi connectivity index (χ0) is 14.9. The third-order valence-electron chi connectivity index (χ3n) is 6.24. The molecule has 120 valence electrons. The van der Waals surface area contributed by atoms with E-state index < -0.39 is 0 Å². The minimum Gasteiger partial charge on any atom is -0.363 e. The Kier molecular flexibility index (Phi) is 4.78. The van der Waals surface area contributed by atoms with E-state index >= 15 is 0 Å². The van der Waals surface area contributed by atoms with Crippen molar-refractivity contribution < 1.29 is 0 Å². The highest BCUT2D eigenvalue weighted by molar-refractivity contribution is 7.80. The third kappa shape index (κ3) is 3.23. The molecule has 0 saturated heterocycles. The molecule has 0 spiro atoms. The molecule has 0 aromatic rings. The maximum Gasteiger partial charge on any atom is 0.166 e. The highest BCUT2D eigenvalue weighted by Crippen LogP contribution is 2.61. The highest BCUT2D eigenvalue weighted by atomic mass is 32.1. The smallest absolute Gasteiger partial charge is 0.166 e. The monoisotopic (exact) mass is 308 g/mol. The summed E-state index contributed by atoms with van der Waals surface area (Å²) in [6.07, 6.45) is 12.6. The van der Waals surface area contributed by atoms with E-state index in [0.29, 0.717) is 11.5 Å². The molecule has 3 heteroatoms. The maximum atomic E-state index is 5.54. The van der Waals surface area contributed by atoms with Crippen molar-refractivity contribution in [2.45, 2.75) is 77.7 Å². The summed E-state index contributed by atoms with van der Waals surface area (Å²) >= 11 is 5.54. The van der Waals surface area contributed by atoms with Crippen molar-refractivity contribution in [1.29, 1.82) is 0 Å². The van der Waals surface area contributed by atoms with E-state index in [2.05, 4.69) is 24.5 Å². The van der Waals surface area contributed by atoms with Crippen molar-refractivity contribution in [3.8, 4) is 0 Å². The summed E-state index contributed by atoms with van der Waals surface area (Å²) in [7, 11) is 0. The second-order valence-electron chi connectivity index (χ2n) is 8.02. The van der Waals surface area contributed by atoms with Gasteiger partial charge >= 0.3 is 0 Å². The van der Waals surface area contributed by atoms with E-state index in [1.54, 1.807) is 0 Å². The molecule has 4 fully saturated rings. The van der Waals surface area contributed by atoms with Crippen LogP contribution in [0, 0.1) is 23.2 Å². The lowest BCUT2D eigenvalue weighted by molar-refractivity contribution is -0.0720. The van der Waals surface area contributed by atoms with Gasteiger partial charge in [0, 0.05) is 12.6 Å². The number of hydrogen-bond acceptors (Lipinski definition) is 1. The van der Waals surface area contributed by atoms with Gasteiger partial charge < -0.3 is 10.6 Å². The maximum absolute atomic E-state index is 5.54. The predicted octanol–water partition coefficient (Wildman–Crippen LogP) is 4.25. The van der Waals surface area contributed by atoms with E-state index in [-0.39, 0.29) is 0 Å². The molecule has 4 aliphatic rings. The lowest BCUT2D eigenvalue weighted by atomic mass is 9.47. The Labute approximate surface area is 135 Å². The summed E-state index contributed by atoms with van der Waals surface area (Å²) in [5, 5.41) is 8.00. The van der Waals surface area contributed by atoms with Crippen molar-refractivity contribution in [1.82, 2.24) is 10.6 Å². The average Bonchev–Trinajstić information content (AvgIpc) is 2.43. The first kappa shape index (κ1) is 15.6. The van der Waals surface area contributed by atoms with Crippen LogP contribution in [0.4, 0.5) is 0 Å². The molecular weight excluding hydrogens is 276 g/mol. The van der Waals surface area contributed by atoms with Crippen molar-refractivity contribution >= 4 is 17.3 Å². The molecule has 1 unspecified atom stereocenters. The Balaban J connectivity index is 1.69. The molecule has 0 aromatic carbocycles. The van der Waals surface area contributed by atoms with Crippen LogP contribution in [0.1, 0.15) is 71.6 Å². The number of rotatable bonds is 6. The van der Waals surface area contributed by atoms with Gasteiger partial charge in [-0.05, 0) is 86.8 Å². The molecule has 4 rings (SSSR count). The Bertz CT molecular complexity index is 344. The number of thiocarbonyl (C=S) groups is 1. The van der Waals surface area contributed by atoms with Gasteiger partial charge in [0.15, 0.2) is 5.11 Å². The third-order valence-corrected chi connectivity index (χ3v) is 6.51. The lowest BCUT2D eigenvalue weighted by Gasteiger charge is -2.59. The molecule has 0 heterocycles. The largest absolute Gasteiger partial charge is 0.363 e. The van der Waals surface area contributed by atoms with Gasteiger partial charge in [0.25, 0.3) is 0 Å². The molecule has 0 radical (unpaired) electrons. The van der Waals surface area contributed by atoms with E-state index in [1.165, 1.54) is 51.4 Å². The number of hydrogen-bond donors (Lipinski definition) is 2. The van der Waals surface area contributed by atoms with Gasteiger partial charge in [-0.1, -0.05) is 20.3 Å². The molecule has 0 aliphatic heterocycles. The summed E-state index contributed by atoms with van der Waals surface area (Å²) in [4.78, 5) is 0. The molecule has 21 heavy (non-hydrogen) atoms. The second-order valence-corrected chi connectivity index (χ2v) is 8.43. The average molecular weight is 309 g/mol. The second kappa shape index (κ2) is 6.44. The normalized spacial score (nSPS) is 38.3. The minimum atomic E-state index is 0.558. The molecule has 4 aliphatic carbocycles. The van der Waals surface area contributed by atoms with Gasteiger partial charge in [-0.25, -0.2) is 0 Å². The topological polar surface area (TPSA) is 24.1 Å². The standard InChI is InChI=1S/C18H32N2S/c1-3-5-16(20-17(21)19-6-4-2)18-10-13-7-14(11-18)9-15(8-13)12-18/h13-16H,3-12H2,1-2H3,(H2,19,20,21). The Morgan fingerprint density at radius 3 is 2.10 bits per heavy atom. The fraction of sp³-hybridized carbons (Fsp3) is 0.944. The summed E-state index contributed by atoms with van der Waals surface area (Å²) in [5.41, 5.74) is 0.558. The Morgan fingerprint density at radius 2 is 1.62 bits per heavy atom. The van der Waals surface area contributed by atoms with E-state index in [9.17, 15) is 0 Å². The quantitative estimate of drug-likeness (QED) is 0.718. The summed E-state index contributed by atoms with van der Waals surface area (Å²) in [6, 6.07) is 0.604. The van der Waals surface area contributed by atoms with Crippen LogP contribution in [-0.2, 0) is 0 Å². The van der Waals surface area contributed by atoms with Crippen LogP contribution in [0.2, 0.25) is 0 Å². The van der Waals surface area contributed by atoms with E-state index in [1.807, 2.05) is 0 Å². The van der Waals surface area contributed by atoms with Gasteiger partial charge in [-0.2, -0.15) is 0 Å². The summed E-state index contributed by atoms with van der Waals surface area (Å²) in [5.74, 6) is 3.07. The van der Waals surface area contributed by atoms with Gasteiger partial charge in [0.05, 0.1) is 0 Å². The first-order valence-corrected chi connectivity index (χ1v) is 9.60. The first-order chi connectivity index (χ1) is 10.1. The van der Waals surface area contributed by atoms with Gasteiger partial charge in [-0.3, -0.25) is 0 Å². The summed E-state index contributed by atoms with van der Waals surface area (Å²) in [6.45, 7) is 5.50. The Hall–Kier alpha value is -0.310. The number of nitrogens with one attached hydrogen (secondary N) is 2. The molecule has 2 nitrogen and oxygen atoms in total. The van der Waals surface area contributed by atoms with Crippen LogP contribution in [-0.4, -0.2) is 17.7 Å². The van der Waals surface area contributed by atoms with Crippen molar-refractivity contribution in [2.75, 3.05) is 6.54 Å². The van der Waals surface area contributed by atoms with Crippen molar-refractivity contribution in [2.24, 2.45) is 23.2 Å². The molecule has 1 atom stereocenters. The lowest BCUT2D eigenvalue weighted by Crippen LogP contribution is -2.58.